The number of rotatable bonds is 7. The third-order valence-corrected chi connectivity index (χ3v) is 5.73. The Labute approximate surface area is 167 Å². The van der Waals surface area contributed by atoms with E-state index < -0.39 is 10.8 Å². The largest absolute Gasteiger partial charge is 0.355 e. The molecule has 0 saturated heterocycles. The lowest BCUT2D eigenvalue weighted by Crippen LogP contribution is -2.41. The summed E-state index contributed by atoms with van der Waals surface area (Å²) in [5, 5.41) is 5.38. The summed E-state index contributed by atoms with van der Waals surface area (Å²) in [6, 6.07) is 13.8. The highest BCUT2D eigenvalue weighted by Gasteiger charge is 2.08. The van der Waals surface area contributed by atoms with E-state index in [0.717, 1.165) is 23.8 Å². The molecule has 1 unspecified atom stereocenters. The molecule has 132 valence electrons. The zero-order chi connectivity index (χ0) is 16.5. The maximum Gasteiger partial charge on any atom is 0.193 e. The van der Waals surface area contributed by atoms with Gasteiger partial charge in [0.15, 0.2) is 5.96 Å². The summed E-state index contributed by atoms with van der Waals surface area (Å²) in [7, 11) is 2.82. The molecule has 1 aromatic carbocycles. The first-order valence-corrected chi connectivity index (χ1v) is 9.78. The van der Waals surface area contributed by atoms with Crippen molar-refractivity contribution in [1.82, 2.24) is 10.2 Å². The summed E-state index contributed by atoms with van der Waals surface area (Å²) < 4.78 is 12.2. The molecule has 0 aliphatic heterocycles. The molecule has 1 N–H and O–H groups in total. The molecule has 1 atom stereocenters. The van der Waals surface area contributed by atoms with Crippen molar-refractivity contribution in [2.75, 3.05) is 32.9 Å². The molecular formula is C17H24IN3OS2. The van der Waals surface area contributed by atoms with E-state index in [4.69, 9.17) is 0 Å². The highest BCUT2D eigenvalue weighted by molar-refractivity contribution is 14.0. The summed E-state index contributed by atoms with van der Waals surface area (Å²) in [5.41, 5.74) is 0. The number of hydrogen-bond acceptors (Lipinski definition) is 3. The van der Waals surface area contributed by atoms with Crippen LogP contribution in [0.4, 0.5) is 0 Å². The van der Waals surface area contributed by atoms with Gasteiger partial charge in [0.25, 0.3) is 0 Å². The Morgan fingerprint density at radius 1 is 1.25 bits per heavy atom. The van der Waals surface area contributed by atoms with Crippen LogP contribution in [0.1, 0.15) is 4.88 Å². The van der Waals surface area contributed by atoms with E-state index in [0.29, 0.717) is 12.3 Å². The molecule has 1 aromatic heterocycles. The molecule has 24 heavy (non-hydrogen) atoms. The summed E-state index contributed by atoms with van der Waals surface area (Å²) in [6.45, 7) is 1.54. The Morgan fingerprint density at radius 2 is 2.00 bits per heavy atom. The van der Waals surface area contributed by atoms with Gasteiger partial charge in [-0.1, -0.05) is 24.3 Å². The van der Waals surface area contributed by atoms with Gasteiger partial charge in [-0.25, -0.2) is 0 Å². The second kappa shape index (κ2) is 11.6. The monoisotopic (exact) mass is 477 g/mol. The fourth-order valence-electron chi connectivity index (χ4n) is 2.17. The van der Waals surface area contributed by atoms with Crippen molar-refractivity contribution in [3.8, 4) is 0 Å². The Balaban J connectivity index is 0.00000288. The van der Waals surface area contributed by atoms with Crippen LogP contribution in [0.3, 0.4) is 0 Å². The van der Waals surface area contributed by atoms with Crippen LogP contribution in [0.25, 0.3) is 0 Å². The molecular weight excluding hydrogens is 453 g/mol. The number of thiophene rings is 1. The van der Waals surface area contributed by atoms with Crippen molar-refractivity contribution >= 4 is 52.1 Å². The minimum Gasteiger partial charge on any atom is -0.355 e. The number of guanidine groups is 1. The molecule has 2 aromatic rings. The van der Waals surface area contributed by atoms with Gasteiger partial charge in [0.05, 0.1) is 10.8 Å². The average molecular weight is 477 g/mol. The van der Waals surface area contributed by atoms with E-state index in [-0.39, 0.29) is 24.0 Å². The third-order valence-electron chi connectivity index (χ3n) is 3.42. The van der Waals surface area contributed by atoms with Crippen molar-refractivity contribution in [1.29, 1.82) is 0 Å². The van der Waals surface area contributed by atoms with Gasteiger partial charge in [-0.2, -0.15) is 0 Å². The molecule has 0 saturated carbocycles. The Morgan fingerprint density at radius 3 is 2.62 bits per heavy atom. The van der Waals surface area contributed by atoms with Crippen molar-refractivity contribution in [2.24, 2.45) is 4.99 Å². The predicted molar refractivity (Wildman–Crippen MR) is 115 cm³/mol. The van der Waals surface area contributed by atoms with Crippen LogP contribution >= 0.6 is 35.3 Å². The van der Waals surface area contributed by atoms with Crippen molar-refractivity contribution in [3.63, 3.8) is 0 Å². The molecule has 7 heteroatoms. The number of hydrogen-bond donors (Lipinski definition) is 1. The number of nitrogens with one attached hydrogen (secondary N) is 1. The predicted octanol–water partition coefficient (Wildman–Crippen LogP) is 3.22. The van der Waals surface area contributed by atoms with Crippen LogP contribution < -0.4 is 5.32 Å². The van der Waals surface area contributed by atoms with Gasteiger partial charge in [-0.15, -0.1) is 35.3 Å². The average Bonchev–Trinajstić information content (AvgIpc) is 3.10. The molecule has 0 bridgehead atoms. The lowest BCUT2D eigenvalue weighted by molar-refractivity contribution is 0.489. The lowest BCUT2D eigenvalue weighted by Gasteiger charge is -2.21. The highest BCUT2D eigenvalue weighted by Crippen LogP contribution is 2.09. The van der Waals surface area contributed by atoms with E-state index in [9.17, 15) is 4.21 Å². The molecule has 0 aliphatic rings. The molecule has 1 heterocycles. The van der Waals surface area contributed by atoms with Crippen LogP contribution in [0.15, 0.2) is 57.7 Å². The van der Waals surface area contributed by atoms with Crippen molar-refractivity contribution in [3.05, 3.63) is 52.7 Å². The van der Waals surface area contributed by atoms with Gasteiger partial charge in [0.1, 0.15) is 0 Å². The third kappa shape index (κ3) is 6.90. The molecule has 0 spiro atoms. The summed E-state index contributed by atoms with van der Waals surface area (Å²) >= 11 is 1.78. The summed E-state index contributed by atoms with van der Waals surface area (Å²) in [5.74, 6) is 1.41. The van der Waals surface area contributed by atoms with E-state index >= 15 is 0 Å². The molecule has 0 aliphatic carbocycles. The highest BCUT2D eigenvalue weighted by atomic mass is 127. The zero-order valence-corrected chi connectivity index (χ0v) is 17.9. The van der Waals surface area contributed by atoms with E-state index in [2.05, 4.69) is 32.7 Å². The fraction of sp³-hybridized carbons (Fsp3) is 0.353. The second-order valence-electron chi connectivity index (χ2n) is 5.09. The van der Waals surface area contributed by atoms with Gasteiger partial charge in [0.2, 0.25) is 0 Å². The van der Waals surface area contributed by atoms with Gasteiger partial charge >= 0.3 is 0 Å². The number of benzene rings is 1. The molecule has 0 fully saturated rings. The van der Waals surface area contributed by atoms with Crippen LogP contribution in [0, 0.1) is 0 Å². The zero-order valence-electron chi connectivity index (χ0n) is 14.0. The van der Waals surface area contributed by atoms with E-state index in [1.807, 2.05) is 37.4 Å². The first-order valence-electron chi connectivity index (χ1n) is 7.58. The smallest absolute Gasteiger partial charge is 0.193 e. The van der Waals surface area contributed by atoms with E-state index in [1.54, 1.807) is 18.4 Å². The minimum atomic E-state index is -0.977. The minimum absolute atomic E-state index is 0. The molecule has 0 radical (unpaired) electrons. The summed E-state index contributed by atoms with van der Waals surface area (Å²) in [4.78, 5) is 8.64. The van der Waals surface area contributed by atoms with Crippen LogP contribution in [-0.2, 0) is 17.2 Å². The van der Waals surface area contributed by atoms with E-state index in [1.165, 1.54) is 4.88 Å². The normalized spacial score (nSPS) is 12.3. The fourth-order valence-corrected chi connectivity index (χ4v) is 3.85. The number of aliphatic imine (C=N–C) groups is 1. The standard InChI is InChI=1S/C17H23N3OS2.HI/c1-18-17(20(2)12-10-15-7-6-13-22-15)19-11-14-23(21)16-8-4-3-5-9-16;/h3-9,13H,10-12,14H2,1-2H3,(H,18,19);1H. The first-order chi connectivity index (χ1) is 11.2. The van der Waals surface area contributed by atoms with Gasteiger partial charge in [-0.05, 0) is 30.0 Å². The quantitative estimate of drug-likeness (QED) is 0.379. The van der Waals surface area contributed by atoms with Gasteiger partial charge in [0, 0.05) is 42.7 Å². The maximum absolute atomic E-state index is 12.2. The van der Waals surface area contributed by atoms with Crippen LogP contribution in [0.2, 0.25) is 0 Å². The van der Waals surface area contributed by atoms with Crippen LogP contribution in [0.5, 0.6) is 0 Å². The number of halogens is 1. The van der Waals surface area contributed by atoms with Gasteiger partial charge < -0.3 is 10.2 Å². The van der Waals surface area contributed by atoms with Crippen molar-refractivity contribution < 1.29 is 4.21 Å². The molecule has 2 rings (SSSR count). The Hall–Kier alpha value is -0.930. The number of nitrogens with zero attached hydrogens (tertiary/aromatic N) is 2. The summed E-state index contributed by atoms with van der Waals surface area (Å²) in [6.07, 6.45) is 1.00. The second-order valence-corrected chi connectivity index (χ2v) is 7.69. The Bertz CT molecular complexity index is 633. The Kier molecular flexibility index (Phi) is 10.2. The van der Waals surface area contributed by atoms with Gasteiger partial charge in [-0.3, -0.25) is 9.20 Å². The lowest BCUT2D eigenvalue weighted by atomic mass is 10.3. The first kappa shape index (κ1) is 21.1. The van der Waals surface area contributed by atoms with Crippen LogP contribution in [-0.4, -0.2) is 48.0 Å². The number of likely N-dealkylation sites (N-methyl/N-ethyl adjacent to an activating group) is 1. The molecule has 4 nitrogen and oxygen atoms in total. The topological polar surface area (TPSA) is 44.7 Å². The SMILES string of the molecule is CN=C(NCCS(=O)c1ccccc1)N(C)CCc1cccs1.I. The van der Waals surface area contributed by atoms with Crippen molar-refractivity contribution in [2.45, 2.75) is 11.3 Å². The molecule has 0 amide bonds. The maximum atomic E-state index is 12.2.